The Bertz CT molecular complexity index is 446. The molecule has 1 fully saturated rings. The molecule has 0 saturated carbocycles. The van der Waals surface area contributed by atoms with E-state index >= 15 is 0 Å². The van der Waals surface area contributed by atoms with Crippen molar-refractivity contribution in [3.05, 3.63) is 24.3 Å². The molecular weight excluding hydrogens is 276 g/mol. The first-order valence-electron chi connectivity index (χ1n) is 8.26. The standard InChI is InChI=1S/C17H31N4O/c1-21(2,14-15-22)13-12-19-8-3-9-20(11-10-19)17-6-4-16(18)5-7-17/h4-7,22H,3,8-15,18H2,1-2H3/q+1. The number of nitrogens with two attached hydrogens (primary N) is 1. The number of hydrogen-bond acceptors (Lipinski definition) is 4. The Morgan fingerprint density at radius 2 is 1.77 bits per heavy atom. The molecule has 3 N–H and O–H groups in total. The minimum atomic E-state index is 0.262. The number of nitrogen functional groups attached to an aromatic ring is 1. The Morgan fingerprint density at radius 1 is 1.05 bits per heavy atom. The molecular formula is C17H31N4O+. The molecule has 0 unspecified atom stereocenters. The van der Waals surface area contributed by atoms with Crippen molar-refractivity contribution < 1.29 is 9.59 Å². The van der Waals surface area contributed by atoms with Crippen molar-refractivity contribution in [2.24, 2.45) is 0 Å². The second kappa shape index (κ2) is 7.81. The quantitative estimate of drug-likeness (QED) is 0.604. The van der Waals surface area contributed by atoms with Gasteiger partial charge in [0.1, 0.15) is 6.54 Å². The summed E-state index contributed by atoms with van der Waals surface area (Å²) >= 11 is 0. The molecule has 0 aliphatic carbocycles. The van der Waals surface area contributed by atoms with Crippen LogP contribution in [-0.4, -0.2) is 81.0 Å². The van der Waals surface area contributed by atoms with Crippen LogP contribution in [0, 0.1) is 0 Å². The molecule has 1 heterocycles. The van der Waals surface area contributed by atoms with Gasteiger partial charge in [-0.05, 0) is 30.7 Å². The highest BCUT2D eigenvalue weighted by molar-refractivity contribution is 5.53. The van der Waals surface area contributed by atoms with Gasteiger partial charge in [0, 0.05) is 44.1 Å². The van der Waals surface area contributed by atoms with Gasteiger partial charge >= 0.3 is 0 Å². The van der Waals surface area contributed by atoms with Crippen molar-refractivity contribution >= 4 is 11.4 Å². The first kappa shape index (κ1) is 17.1. The minimum Gasteiger partial charge on any atom is -0.399 e. The lowest BCUT2D eigenvalue weighted by Gasteiger charge is -2.31. The van der Waals surface area contributed by atoms with Crippen LogP contribution in [0.5, 0.6) is 0 Å². The summed E-state index contributed by atoms with van der Waals surface area (Å²) in [6, 6.07) is 8.19. The van der Waals surface area contributed by atoms with E-state index in [0.717, 1.165) is 56.0 Å². The average Bonchev–Trinajstić information content (AvgIpc) is 2.72. The predicted molar refractivity (Wildman–Crippen MR) is 93.1 cm³/mol. The van der Waals surface area contributed by atoms with Crippen molar-refractivity contribution in [1.82, 2.24) is 4.90 Å². The third-order valence-electron chi connectivity index (χ3n) is 4.57. The Balaban J connectivity index is 1.83. The lowest BCUT2D eigenvalue weighted by Crippen LogP contribution is -2.47. The van der Waals surface area contributed by atoms with Crippen LogP contribution in [-0.2, 0) is 0 Å². The van der Waals surface area contributed by atoms with Gasteiger partial charge in [0.25, 0.3) is 0 Å². The summed E-state index contributed by atoms with van der Waals surface area (Å²) in [5, 5.41) is 9.12. The summed E-state index contributed by atoms with van der Waals surface area (Å²) in [6.07, 6.45) is 1.19. The molecule has 0 radical (unpaired) electrons. The topological polar surface area (TPSA) is 52.7 Å². The zero-order valence-electron chi connectivity index (χ0n) is 14.0. The van der Waals surface area contributed by atoms with Crippen LogP contribution in [0.1, 0.15) is 6.42 Å². The Labute approximate surface area is 134 Å². The Hall–Kier alpha value is -1.30. The van der Waals surface area contributed by atoms with Gasteiger partial charge < -0.3 is 20.2 Å². The van der Waals surface area contributed by atoms with Gasteiger partial charge in [0.15, 0.2) is 0 Å². The van der Waals surface area contributed by atoms with Gasteiger partial charge in [-0.2, -0.15) is 0 Å². The summed E-state index contributed by atoms with van der Waals surface area (Å²) < 4.78 is 0.884. The molecule has 22 heavy (non-hydrogen) atoms. The normalized spacial score (nSPS) is 17.5. The van der Waals surface area contributed by atoms with Crippen LogP contribution in [0.15, 0.2) is 24.3 Å². The number of aliphatic hydroxyl groups is 1. The summed E-state index contributed by atoms with van der Waals surface area (Å²) in [6.45, 7) is 7.70. The highest BCUT2D eigenvalue weighted by Gasteiger charge is 2.19. The Kier molecular flexibility index (Phi) is 6.06. The zero-order chi connectivity index (χ0) is 16.0. The van der Waals surface area contributed by atoms with Crippen LogP contribution >= 0.6 is 0 Å². The first-order chi connectivity index (χ1) is 10.5. The summed E-state index contributed by atoms with van der Waals surface area (Å²) in [7, 11) is 4.38. The van der Waals surface area contributed by atoms with Crippen LogP contribution in [0.2, 0.25) is 0 Å². The van der Waals surface area contributed by atoms with E-state index in [2.05, 4.69) is 36.0 Å². The fourth-order valence-corrected chi connectivity index (χ4v) is 2.93. The number of nitrogens with zero attached hydrogens (tertiary/aromatic N) is 3. The molecule has 2 rings (SSSR count). The Morgan fingerprint density at radius 3 is 2.45 bits per heavy atom. The monoisotopic (exact) mass is 307 g/mol. The predicted octanol–water partition coefficient (Wildman–Crippen LogP) is 0.850. The van der Waals surface area contributed by atoms with Crippen molar-refractivity contribution in [3.8, 4) is 0 Å². The van der Waals surface area contributed by atoms with E-state index in [1.54, 1.807) is 0 Å². The van der Waals surface area contributed by atoms with Gasteiger partial charge in [-0.25, -0.2) is 0 Å². The number of benzene rings is 1. The number of anilines is 2. The zero-order valence-corrected chi connectivity index (χ0v) is 14.0. The van der Waals surface area contributed by atoms with Crippen molar-refractivity contribution in [3.63, 3.8) is 0 Å². The van der Waals surface area contributed by atoms with E-state index < -0.39 is 0 Å². The van der Waals surface area contributed by atoms with E-state index in [9.17, 15) is 0 Å². The fourth-order valence-electron chi connectivity index (χ4n) is 2.93. The number of quaternary nitrogens is 1. The van der Waals surface area contributed by atoms with Gasteiger partial charge in [-0.3, -0.25) is 4.90 Å². The van der Waals surface area contributed by atoms with Crippen LogP contribution < -0.4 is 10.6 Å². The molecule has 1 aliphatic heterocycles. The molecule has 5 heteroatoms. The maximum Gasteiger partial charge on any atom is 0.102 e. The third kappa shape index (κ3) is 5.16. The third-order valence-corrected chi connectivity index (χ3v) is 4.57. The summed E-state index contributed by atoms with van der Waals surface area (Å²) in [5.74, 6) is 0. The molecule has 5 nitrogen and oxygen atoms in total. The van der Waals surface area contributed by atoms with Gasteiger partial charge in [0.05, 0.1) is 27.2 Å². The largest absolute Gasteiger partial charge is 0.399 e. The first-order valence-corrected chi connectivity index (χ1v) is 8.26. The number of likely N-dealkylation sites (N-methyl/N-ethyl adjacent to an activating group) is 1. The molecule has 0 aromatic heterocycles. The number of aliphatic hydroxyl groups excluding tert-OH is 1. The van der Waals surface area contributed by atoms with E-state index in [1.807, 2.05) is 12.1 Å². The van der Waals surface area contributed by atoms with Crippen molar-refractivity contribution in [1.29, 1.82) is 0 Å². The lowest BCUT2D eigenvalue weighted by atomic mass is 10.2. The van der Waals surface area contributed by atoms with Crippen molar-refractivity contribution in [2.75, 3.05) is 77.1 Å². The van der Waals surface area contributed by atoms with Crippen LogP contribution in [0.3, 0.4) is 0 Å². The molecule has 1 aromatic rings. The van der Waals surface area contributed by atoms with Gasteiger partial charge in [0.2, 0.25) is 0 Å². The maximum atomic E-state index is 9.12. The number of rotatable bonds is 6. The van der Waals surface area contributed by atoms with E-state index in [-0.39, 0.29) is 6.61 Å². The molecule has 0 bridgehead atoms. The molecule has 124 valence electrons. The summed E-state index contributed by atoms with van der Waals surface area (Å²) in [4.78, 5) is 5.00. The molecule has 1 aliphatic rings. The van der Waals surface area contributed by atoms with Gasteiger partial charge in [-0.15, -0.1) is 0 Å². The SMILES string of the molecule is C[N+](C)(CCO)CCN1CCCN(c2ccc(N)cc2)CC1. The molecule has 0 amide bonds. The molecule has 1 aromatic carbocycles. The van der Waals surface area contributed by atoms with E-state index in [4.69, 9.17) is 10.8 Å². The molecule has 0 atom stereocenters. The van der Waals surface area contributed by atoms with Crippen LogP contribution in [0.25, 0.3) is 0 Å². The molecule has 1 saturated heterocycles. The maximum absolute atomic E-state index is 9.12. The number of hydrogen-bond donors (Lipinski definition) is 2. The average molecular weight is 307 g/mol. The lowest BCUT2D eigenvalue weighted by molar-refractivity contribution is -0.890. The van der Waals surface area contributed by atoms with E-state index in [1.165, 1.54) is 12.1 Å². The van der Waals surface area contributed by atoms with E-state index in [0.29, 0.717) is 0 Å². The fraction of sp³-hybridized carbons (Fsp3) is 0.647. The highest BCUT2D eigenvalue weighted by Crippen LogP contribution is 2.18. The summed E-state index contributed by atoms with van der Waals surface area (Å²) in [5.41, 5.74) is 7.86. The highest BCUT2D eigenvalue weighted by atomic mass is 16.3. The second-order valence-corrected chi connectivity index (χ2v) is 6.88. The van der Waals surface area contributed by atoms with Crippen LogP contribution in [0.4, 0.5) is 11.4 Å². The minimum absolute atomic E-state index is 0.262. The second-order valence-electron chi connectivity index (χ2n) is 6.88. The smallest absolute Gasteiger partial charge is 0.102 e. The van der Waals surface area contributed by atoms with Crippen molar-refractivity contribution in [2.45, 2.75) is 6.42 Å². The molecule has 0 spiro atoms. The van der Waals surface area contributed by atoms with Gasteiger partial charge in [-0.1, -0.05) is 0 Å².